The fraction of sp³-hybridized carbons (Fsp3) is 0.533. The molecule has 4 nitrogen and oxygen atoms in total. The predicted molar refractivity (Wildman–Crippen MR) is 74.1 cm³/mol. The van der Waals surface area contributed by atoms with Gasteiger partial charge in [0.15, 0.2) is 0 Å². The number of anilines is 1. The molecule has 0 saturated heterocycles. The largest absolute Gasteiger partial charge is 0.383 e. The van der Waals surface area contributed by atoms with Crippen LogP contribution in [0.25, 0.3) is 0 Å². The molecule has 6 heteroatoms. The minimum atomic E-state index is -3.78. The number of carbonyl (C=O) groups is 1. The third-order valence-corrected chi connectivity index (χ3v) is 3.73. The number of rotatable bonds is 6. The summed E-state index contributed by atoms with van der Waals surface area (Å²) in [6.45, 7) is 2.89. The zero-order chi connectivity index (χ0) is 15.5. The minimum Gasteiger partial charge on any atom is -0.383 e. The maximum absolute atomic E-state index is 13.9. The fourth-order valence-electron chi connectivity index (χ4n) is 2.15. The van der Waals surface area contributed by atoms with Gasteiger partial charge in [-0.15, -0.1) is 0 Å². The second kappa shape index (κ2) is 6.07. The number of ether oxygens (including phenoxy) is 1. The summed E-state index contributed by atoms with van der Waals surface area (Å²) < 4.78 is 33.0. The molecule has 2 rings (SSSR count). The van der Waals surface area contributed by atoms with Crippen molar-refractivity contribution in [3.05, 3.63) is 29.8 Å². The SMILES string of the molecule is CCOCc1ccc(NC(=O)C(F)(F)C2(O)CCC2)cc1. The van der Waals surface area contributed by atoms with Gasteiger partial charge in [-0.05, 0) is 43.9 Å². The Balaban J connectivity index is 1.99. The van der Waals surface area contributed by atoms with Crippen LogP contribution < -0.4 is 5.32 Å². The fourth-order valence-corrected chi connectivity index (χ4v) is 2.15. The van der Waals surface area contributed by atoms with Gasteiger partial charge in [0, 0.05) is 12.3 Å². The molecular formula is C15H19F2NO3. The summed E-state index contributed by atoms with van der Waals surface area (Å²) in [6, 6.07) is 6.46. The molecular weight excluding hydrogens is 280 g/mol. The van der Waals surface area contributed by atoms with E-state index in [9.17, 15) is 18.7 Å². The van der Waals surface area contributed by atoms with Crippen molar-refractivity contribution in [1.82, 2.24) is 0 Å². The Morgan fingerprint density at radius 1 is 1.38 bits per heavy atom. The second-order valence-electron chi connectivity index (χ2n) is 5.25. The quantitative estimate of drug-likeness (QED) is 0.849. The zero-order valence-electron chi connectivity index (χ0n) is 11.9. The molecule has 2 N–H and O–H groups in total. The second-order valence-corrected chi connectivity index (χ2v) is 5.25. The lowest BCUT2D eigenvalue weighted by atomic mass is 9.75. The van der Waals surface area contributed by atoms with Crippen LogP contribution in [0.5, 0.6) is 0 Å². The Morgan fingerprint density at radius 3 is 2.48 bits per heavy atom. The van der Waals surface area contributed by atoms with Gasteiger partial charge in [0.1, 0.15) is 5.60 Å². The molecule has 0 heterocycles. The van der Waals surface area contributed by atoms with Crippen LogP contribution in [0.2, 0.25) is 0 Å². The molecule has 21 heavy (non-hydrogen) atoms. The molecule has 116 valence electrons. The van der Waals surface area contributed by atoms with Gasteiger partial charge in [-0.1, -0.05) is 12.1 Å². The van der Waals surface area contributed by atoms with Crippen LogP contribution >= 0.6 is 0 Å². The lowest BCUT2D eigenvalue weighted by Crippen LogP contribution is -2.59. The van der Waals surface area contributed by atoms with E-state index in [1.165, 1.54) is 12.1 Å². The molecule has 1 amide bonds. The van der Waals surface area contributed by atoms with Gasteiger partial charge < -0.3 is 15.2 Å². The third-order valence-electron chi connectivity index (χ3n) is 3.73. The first-order valence-electron chi connectivity index (χ1n) is 6.97. The molecule has 1 aliphatic rings. The summed E-state index contributed by atoms with van der Waals surface area (Å²) in [7, 11) is 0. The van der Waals surface area contributed by atoms with Gasteiger partial charge in [-0.3, -0.25) is 4.79 Å². The van der Waals surface area contributed by atoms with E-state index in [4.69, 9.17) is 4.74 Å². The zero-order valence-corrected chi connectivity index (χ0v) is 11.9. The van der Waals surface area contributed by atoms with Crippen molar-refractivity contribution < 1.29 is 23.4 Å². The average Bonchev–Trinajstić information content (AvgIpc) is 2.43. The molecule has 0 unspecified atom stereocenters. The van der Waals surface area contributed by atoms with E-state index in [2.05, 4.69) is 5.32 Å². The number of alkyl halides is 2. The van der Waals surface area contributed by atoms with Crippen LogP contribution in [0, 0.1) is 0 Å². The highest BCUT2D eigenvalue weighted by Crippen LogP contribution is 2.44. The Labute approximate surface area is 122 Å². The predicted octanol–water partition coefficient (Wildman–Crippen LogP) is 2.71. The highest BCUT2D eigenvalue weighted by Gasteiger charge is 2.61. The van der Waals surface area contributed by atoms with Gasteiger partial charge in [-0.2, -0.15) is 8.78 Å². The maximum Gasteiger partial charge on any atom is 0.352 e. The molecule has 0 aliphatic heterocycles. The van der Waals surface area contributed by atoms with E-state index >= 15 is 0 Å². The van der Waals surface area contributed by atoms with Gasteiger partial charge in [0.25, 0.3) is 5.91 Å². The van der Waals surface area contributed by atoms with Crippen molar-refractivity contribution in [3.8, 4) is 0 Å². The highest BCUT2D eigenvalue weighted by molar-refractivity contribution is 5.97. The molecule has 1 fully saturated rings. The Kier molecular flexibility index (Phi) is 4.58. The van der Waals surface area contributed by atoms with Crippen molar-refractivity contribution in [2.75, 3.05) is 11.9 Å². The first-order chi connectivity index (χ1) is 9.89. The van der Waals surface area contributed by atoms with Crippen molar-refractivity contribution in [3.63, 3.8) is 0 Å². The molecule has 0 radical (unpaired) electrons. The molecule has 1 aromatic carbocycles. The van der Waals surface area contributed by atoms with Gasteiger partial charge in [-0.25, -0.2) is 0 Å². The van der Waals surface area contributed by atoms with E-state index in [-0.39, 0.29) is 18.5 Å². The smallest absolute Gasteiger partial charge is 0.352 e. The van der Waals surface area contributed by atoms with Crippen molar-refractivity contribution in [2.24, 2.45) is 0 Å². The number of carbonyl (C=O) groups excluding carboxylic acids is 1. The maximum atomic E-state index is 13.9. The van der Waals surface area contributed by atoms with E-state index in [1.807, 2.05) is 6.92 Å². The first-order valence-corrected chi connectivity index (χ1v) is 6.97. The molecule has 1 aliphatic carbocycles. The Morgan fingerprint density at radius 2 is 2.00 bits per heavy atom. The highest BCUT2D eigenvalue weighted by atomic mass is 19.3. The Bertz CT molecular complexity index is 498. The van der Waals surface area contributed by atoms with Crippen molar-refractivity contribution >= 4 is 11.6 Å². The van der Waals surface area contributed by atoms with E-state index in [0.29, 0.717) is 19.6 Å². The van der Waals surface area contributed by atoms with Crippen LogP contribution in [-0.4, -0.2) is 29.1 Å². The molecule has 0 atom stereocenters. The lowest BCUT2D eigenvalue weighted by molar-refractivity contribution is -0.212. The number of benzene rings is 1. The van der Waals surface area contributed by atoms with Crippen LogP contribution in [0.15, 0.2) is 24.3 Å². The number of hydrogen-bond acceptors (Lipinski definition) is 3. The van der Waals surface area contributed by atoms with Gasteiger partial charge in [0.05, 0.1) is 6.61 Å². The Hall–Kier alpha value is -1.53. The number of halogens is 2. The number of aliphatic hydroxyl groups is 1. The number of nitrogens with one attached hydrogen (secondary N) is 1. The summed E-state index contributed by atoms with van der Waals surface area (Å²) in [5.74, 6) is -5.25. The molecule has 0 spiro atoms. The van der Waals surface area contributed by atoms with E-state index in [0.717, 1.165) is 5.56 Å². The van der Waals surface area contributed by atoms with Gasteiger partial charge >= 0.3 is 5.92 Å². The van der Waals surface area contributed by atoms with E-state index < -0.39 is 17.4 Å². The van der Waals surface area contributed by atoms with Crippen molar-refractivity contribution in [2.45, 2.75) is 44.3 Å². The van der Waals surface area contributed by atoms with E-state index in [1.54, 1.807) is 12.1 Å². The summed E-state index contributed by atoms with van der Waals surface area (Å²) in [5, 5.41) is 11.9. The van der Waals surface area contributed by atoms with Gasteiger partial charge in [0.2, 0.25) is 0 Å². The molecule has 1 aromatic rings. The van der Waals surface area contributed by atoms with Crippen molar-refractivity contribution in [1.29, 1.82) is 0 Å². The summed E-state index contributed by atoms with van der Waals surface area (Å²) >= 11 is 0. The average molecular weight is 299 g/mol. The lowest BCUT2D eigenvalue weighted by Gasteiger charge is -2.41. The number of amides is 1. The molecule has 0 bridgehead atoms. The third kappa shape index (κ3) is 3.22. The van der Waals surface area contributed by atoms with Crippen LogP contribution in [0.1, 0.15) is 31.7 Å². The van der Waals surface area contributed by atoms with Crippen LogP contribution in [0.4, 0.5) is 14.5 Å². The van der Waals surface area contributed by atoms with Crippen LogP contribution in [0.3, 0.4) is 0 Å². The first kappa shape index (κ1) is 15.9. The normalized spacial score (nSPS) is 17.1. The summed E-state index contributed by atoms with van der Waals surface area (Å²) in [4.78, 5) is 11.7. The number of hydrogen-bond donors (Lipinski definition) is 2. The summed E-state index contributed by atoms with van der Waals surface area (Å²) in [5.41, 5.74) is -1.05. The topological polar surface area (TPSA) is 58.6 Å². The minimum absolute atomic E-state index is 0.0548. The standard InChI is InChI=1S/C15H19F2NO3/c1-2-21-10-11-4-6-12(7-5-11)18-13(19)15(16,17)14(20)8-3-9-14/h4-7,20H,2-3,8-10H2,1H3,(H,18,19). The summed E-state index contributed by atoms with van der Waals surface area (Å²) in [6.07, 6.45) is 0.396. The van der Waals surface area contributed by atoms with Crippen LogP contribution in [-0.2, 0) is 16.1 Å². The molecule has 1 saturated carbocycles. The monoisotopic (exact) mass is 299 g/mol. The molecule has 0 aromatic heterocycles.